The van der Waals surface area contributed by atoms with Crippen LogP contribution in [-0.4, -0.2) is 127 Å². The largest absolute Gasteiger partial charge is 0.483 e. The van der Waals surface area contributed by atoms with Crippen LogP contribution in [0.4, 0.5) is 9.18 Å². The molecule has 2 aliphatic rings. The van der Waals surface area contributed by atoms with Gasteiger partial charge < -0.3 is 39.5 Å². The van der Waals surface area contributed by atoms with E-state index in [-0.39, 0.29) is 75.1 Å². The van der Waals surface area contributed by atoms with Crippen molar-refractivity contribution in [2.75, 3.05) is 59.1 Å². The first kappa shape index (κ1) is 36.8. The second-order valence-electron chi connectivity index (χ2n) is 11.5. The number of benzene rings is 1. The molecule has 0 saturated carbocycles. The Balaban J connectivity index is 1.53. The molecule has 0 aliphatic carbocycles. The van der Waals surface area contributed by atoms with Gasteiger partial charge in [-0.25, -0.2) is 14.2 Å². The monoisotopic (exact) mass is 686 g/mol. The maximum absolute atomic E-state index is 14.3. The molecule has 2 aliphatic heterocycles. The van der Waals surface area contributed by atoms with E-state index in [1.807, 2.05) is 0 Å². The fraction of sp³-hybridized carbons (Fsp3) is 0.545. The van der Waals surface area contributed by atoms with Crippen molar-refractivity contribution in [1.29, 1.82) is 0 Å². The number of hydrogen-bond donors (Lipinski definition) is 2. The SMILES string of the molecule is CCNC(=O)C1CCCN1C(=O)COc1cc(C(=O)NC(CCC(=O)OCC)C(=O)N2CCN(C(=O)OCC)CC2)nc2cc(F)ccc12. The molecular formula is C33H43FN6O9. The van der Waals surface area contributed by atoms with Crippen molar-refractivity contribution < 1.29 is 47.4 Å². The molecule has 2 saturated heterocycles. The van der Waals surface area contributed by atoms with Gasteiger partial charge in [-0.15, -0.1) is 0 Å². The molecule has 2 unspecified atom stereocenters. The molecule has 0 radical (unpaired) electrons. The van der Waals surface area contributed by atoms with Crippen LogP contribution in [0.1, 0.15) is 56.9 Å². The average molecular weight is 687 g/mol. The standard InChI is InChI=1S/C33H43FN6O9/c1-4-35-31(44)26-8-7-13-40(26)28(41)20-49-27-19-25(36-24-18-21(34)9-10-22(24)27)30(43)37-23(11-12-29(42)47-5-2)32(45)38-14-16-39(17-15-38)33(46)48-6-3/h9-10,18-19,23,26H,4-8,11-17,20H2,1-3H3,(H,35,44)(H,37,43). The second-order valence-corrected chi connectivity index (χ2v) is 11.5. The number of esters is 1. The number of hydrogen-bond acceptors (Lipinski definition) is 10. The zero-order valence-electron chi connectivity index (χ0n) is 28.0. The van der Waals surface area contributed by atoms with Gasteiger partial charge >= 0.3 is 12.1 Å². The molecule has 49 heavy (non-hydrogen) atoms. The van der Waals surface area contributed by atoms with Gasteiger partial charge in [0.25, 0.3) is 11.8 Å². The quantitative estimate of drug-likeness (QED) is 0.295. The fourth-order valence-electron chi connectivity index (χ4n) is 5.79. The molecule has 5 amide bonds. The Hall–Kier alpha value is -5.02. The predicted molar refractivity (Wildman–Crippen MR) is 173 cm³/mol. The zero-order chi connectivity index (χ0) is 35.5. The Labute approximate surface area is 283 Å². The van der Waals surface area contributed by atoms with E-state index in [1.165, 1.54) is 32.9 Å². The van der Waals surface area contributed by atoms with Crippen molar-refractivity contribution >= 4 is 46.6 Å². The van der Waals surface area contributed by atoms with Gasteiger partial charge in [-0.2, -0.15) is 0 Å². The van der Waals surface area contributed by atoms with Gasteiger partial charge in [-0.3, -0.25) is 24.0 Å². The van der Waals surface area contributed by atoms with Crippen molar-refractivity contribution in [3.05, 3.63) is 35.8 Å². The van der Waals surface area contributed by atoms with E-state index in [9.17, 15) is 33.2 Å². The Morgan fingerprint density at radius 1 is 0.959 bits per heavy atom. The van der Waals surface area contributed by atoms with Crippen molar-refractivity contribution in [3.63, 3.8) is 0 Å². The summed E-state index contributed by atoms with van der Waals surface area (Å²) in [4.78, 5) is 85.9. The minimum atomic E-state index is -1.16. The van der Waals surface area contributed by atoms with Crippen molar-refractivity contribution in [2.24, 2.45) is 0 Å². The topological polar surface area (TPSA) is 177 Å². The first-order valence-corrected chi connectivity index (χ1v) is 16.5. The first-order chi connectivity index (χ1) is 23.6. The highest BCUT2D eigenvalue weighted by atomic mass is 19.1. The lowest BCUT2D eigenvalue weighted by Gasteiger charge is -2.36. The normalized spacial score (nSPS) is 16.6. The third-order valence-electron chi connectivity index (χ3n) is 8.21. The van der Waals surface area contributed by atoms with E-state index in [1.54, 1.807) is 20.8 Å². The summed E-state index contributed by atoms with van der Waals surface area (Å²) in [6.07, 6.45) is 0.462. The van der Waals surface area contributed by atoms with Crippen LogP contribution in [0.3, 0.4) is 0 Å². The fourth-order valence-corrected chi connectivity index (χ4v) is 5.79. The third-order valence-corrected chi connectivity index (χ3v) is 8.21. The Morgan fingerprint density at radius 2 is 1.67 bits per heavy atom. The highest BCUT2D eigenvalue weighted by Crippen LogP contribution is 2.27. The highest BCUT2D eigenvalue weighted by molar-refractivity contribution is 5.99. The molecule has 0 spiro atoms. The molecule has 3 heterocycles. The Morgan fingerprint density at radius 3 is 2.37 bits per heavy atom. The lowest BCUT2D eigenvalue weighted by molar-refractivity contribution is -0.143. The summed E-state index contributed by atoms with van der Waals surface area (Å²) in [6, 6.07) is 3.23. The van der Waals surface area contributed by atoms with Crippen LogP contribution in [0, 0.1) is 5.82 Å². The van der Waals surface area contributed by atoms with E-state index in [0.717, 1.165) is 6.07 Å². The van der Waals surface area contributed by atoms with Crippen LogP contribution in [0.15, 0.2) is 24.3 Å². The van der Waals surface area contributed by atoms with Gasteiger partial charge in [0.05, 0.1) is 18.7 Å². The number of likely N-dealkylation sites (tertiary alicyclic amines) is 1. The van der Waals surface area contributed by atoms with Crippen molar-refractivity contribution in [2.45, 2.75) is 58.5 Å². The van der Waals surface area contributed by atoms with Crippen LogP contribution in [0.5, 0.6) is 5.75 Å². The molecule has 16 heteroatoms. The van der Waals surface area contributed by atoms with Gasteiger partial charge in [0.2, 0.25) is 11.8 Å². The van der Waals surface area contributed by atoms with Crippen LogP contribution < -0.4 is 15.4 Å². The maximum atomic E-state index is 14.3. The van der Waals surface area contributed by atoms with Gasteiger partial charge in [-0.05, 0) is 52.2 Å². The molecule has 266 valence electrons. The van der Waals surface area contributed by atoms with E-state index < -0.39 is 54.3 Å². The number of pyridine rings is 1. The van der Waals surface area contributed by atoms with E-state index in [2.05, 4.69) is 15.6 Å². The van der Waals surface area contributed by atoms with Crippen LogP contribution in [0.25, 0.3) is 10.9 Å². The Kier molecular flexibility index (Phi) is 13.1. The number of carbonyl (C=O) groups is 6. The Bertz CT molecular complexity index is 1550. The van der Waals surface area contributed by atoms with E-state index >= 15 is 0 Å². The molecule has 0 bridgehead atoms. The molecular weight excluding hydrogens is 643 g/mol. The van der Waals surface area contributed by atoms with Crippen LogP contribution in [0.2, 0.25) is 0 Å². The molecule has 15 nitrogen and oxygen atoms in total. The lowest BCUT2D eigenvalue weighted by atomic mass is 10.1. The number of rotatable bonds is 13. The number of likely N-dealkylation sites (N-methyl/N-ethyl adjacent to an activating group) is 1. The number of piperazine rings is 1. The summed E-state index contributed by atoms with van der Waals surface area (Å²) in [6.45, 7) is 6.68. The maximum Gasteiger partial charge on any atom is 0.409 e. The molecule has 1 aromatic carbocycles. The summed E-state index contributed by atoms with van der Waals surface area (Å²) in [5.41, 5.74) is -0.149. The van der Waals surface area contributed by atoms with Crippen LogP contribution >= 0.6 is 0 Å². The summed E-state index contributed by atoms with van der Waals surface area (Å²) in [5, 5.41) is 5.73. The second kappa shape index (κ2) is 17.4. The number of aromatic nitrogens is 1. The number of nitrogens with zero attached hydrogens (tertiary/aromatic N) is 4. The predicted octanol–water partition coefficient (Wildman–Crippen LogP) is 1.62. The van der Waals surface area contributed by atoms with Crippen LogP contribution in [-0.2, 0) is 28.7 Å². The van der Waals surface area contributed by atoms with E-state index in [4.69, 9.17) is 14.2 Å². The molecule has 1 aromatic heterocycles. The van der Waals surface area contributed by atoms with Gasteiger partial charge in [0.1, 0.15) is 29.3 Å². The van der Waals surface area contributed by atoms with Crippen molar-refractivity contribution in [3.8, 4) is 5.75 Å². The average Bonchev–Trinajstić information content (AvgIpc) is 3.59. The summed E-state index contributed by atoms with van der Waals surface area (Å²) in [7, 11) is 0. The minimum absolute atomic E-state index is 0.0703. The van der Waals surface area contributed by atoms with Gasteiger partial charge in [0.15, 0.2) is 6.61 Å². The van der Waals surface area contributed by atoms with Gasteiger partial charge in [-0.1, -0.05) is 0 Å². The molecule has 2 aromatic rings. The number of nitrogens with one attached hydrogen (secondary N) is 2. The van der Waals surface area contributed by atoms with Gasteiger partial charge in [0, 0.05) is 63.2 Å². The molecule has 2 N–H and O–H groups in total. The molecule has 2 atom stereocenters. The first-order valence-electron chi connectivity index (χ1n) is 16.5. The third kappa shape index (κ3) is 9.54. The highest BCUT2D eigenvalue weighted by Gasteiger charge is 2.34. The van der Waals surface area contributed by atoms with Crippen molar-refractivity contribution in [1.82, 2.24) is 30.3 Å². The summed E-state index contributed by atoms with van der Waals surface area (Å²) < 4.78 is 30.2. The number of carbonyl (C=O) groups excluding carboxylic acids is 6. The lowest BCUT2D eigenvalue weighted by Crippen LogP contribution is -2.56. The number of halogens is 1. The summed E-state index contributed by atoms with van der Waals surface area (Å²) >= 11 is 0. The van der Waals surface area contributed by atoms with E-state index in [0.29, 0.717) is 31.3 Å². The zero-order valence-corrected chi connectivity index (χ0v) is 28.0. The minimum Gasteiger partial charge on any atom is -0.483 e. The molecule has 2 fully saturated rings. The summed E-state index contributed by atoms with van der Waals surface area (Å²) in [5.74, 6) is -3.04. The number of ether oxygens (including phenoxy) is 3. The smallest absolute Gasteiger partial charge is 0.409 e. The molecule has 4 rings (SSSR count). The number of fused-ring (bicyclic) bond motifs is 1. The number of amides is 5.